The molecule has 0 saturated carbocycles. The molecule has 0 unspecified atom stereocenters. The van der Waals surface area contributed by atoms with Gasteiger partial charge in [-0.15, -0.1) is 11.8 Å². The molecule has 1 saturated heterocycles. The first kappa shape index (κ1) is 9.10. The number of thioether (sulfide) groups is 1. The molecular weight excluding hydrogens is 184 g/mol. The summed E-state index contributed by atoms with van der Waals surface area (Å²) in [5.74, 6) is 1.82. The zero-order valence-corrected chi connectivity index (χ0v) is 8.30. The van der Waals surface area contributed by atoms with E-state index in [4.69, 9.17) is 4.74 Å². The summed E-state index contributed by atoms with van der Waals surface area (Å²) in [6, 6.07) is 0. The van der Waals surface area contributed by atoms with Crippen LogP contribution in [0.5, 0.6) is 0 Å². The summed E-state index contributed by atoms with van der Waals surface area (Å²) in [4.78, 5) is 0. The van der Waals surface area contributed by atoms with Gasteiger partial charge in [-0.05, 0) is 0 Å². The van der Waals surface area contributed by atoms with Crippen LogP contribution in [-0.2, 0) is 4.74 Å². The Morgan fingerprint density at radius 1 is 1.20 bits per heavy atom. The van der Waals surface area contributed by atoms with E-state index in [-0.39, 0.29) is 0 Å². The number of hydrogen-bond donors (Lipinski definition) is 2. The molecule has 0 radical (unpaired) electrons. The van der Waals surface area contributed by atoms with E-state index < -0.39 is 0 Å². The lowest BCUT2D eigenvalue weighted by Gasteiger charge is -2.26. The highest BCUT2D eigenvalue weighted by Crippen LogP contribution is 2.24. The molecule has 0 bridgehead atoms. The van der Waals surface area contributed by atoms with E-state index in [9.17, 15) is 0 Å². The Kier molecular flexibility index (Phi) is 4.37. The molecule has 0 amide bonds. The average Bonchev–Trinajstić information content (AvgIpc) is 2.05. The predicted octanol–water partition coefficient (Wildman–Crippen LogP) is 1.35. The molecule has 0 aromatic carbocycles. The SMILES string of the molecule is SC[C@@H]1COC[C@H](CS)S1. The third-order valence-corrected chi connectivity index (χ3v) is 4.15. The largest absolute Gasteiger partial charge is 0.379 e. The van der Waals surface area contributed by atoms with Gasteiger partial charge in [-0.2, -0.15) is 25.3 Å². The lowest BCUT2D eigenvalue weighted by Crippen LogP contribution is -2.29. The number of thiol groups is 2. The lowest BCUT2D eigenvalue weighted by molar-refractivity contribution is 0.134. The van der Waals surface area contributed by atoms with Gasteiger partial charge in [0.2, 0.25) is 0 Å². The van der Waals surface area contributed by atoms with Crippen molar-refractivity contribution in [2.75, 3.05) is 24.7 Å². The Morgan fingerprint density at radius 3 is 2.10 bits per heavy atom. The molecule has 0 spiro atoms. The van der Waals surface area contributed by atoms with E-state index >= 15 is 0 Å². The van der Waals surface area contributed by atoms with Gasteiger partial charge in [-0.25, -0.2) is 0 Å². The van der Waals surface area contributed by atoms with Gasteiger partial charge in [0.15, 0.2) is 0 Å². The van der Waals surface area contributed by atoms with Crippen molar-refractivity contribution >= 4 is 37.0 Å². The average molecular weight is 196 g/mol. The molecule has 1 heterocycles. The Balaban J connectivity index is 2.25. The molecule has 2 atom stereocenters. The molecule has 0 aliphatic carbocycles. The second-order valence-corrected chi connectivity index (χ2v) is 4.62. The standard InChI is InChI=1S/C6H12OS3/c8-3-5-1-7-2-6(4-9)10-5/h5-6,8-9H,1-4H2/t5-,6+. The zero-order chi connectivity index (χ0) is 7.40. The van der Waals surface area contributed by atoms with Crippen LogP contribution < -0.4 is 0 Å². The third kappa shape index (κ3) is 2.57. The van der Waals surface area contributed by atoms with Gasteiger partial charge in [0.05, 0.1) is 13.2 Å². The first-order valence-corrected chi connectivity index (χ1v) is 5.52. The van der Waals surface area contributed by atoms with E-state index in [1.807, 2.05) is 11.8 Å². The molecule has 1 aliphatic rings. The van der Waals surface area contributed by atoms with Gasteiger partial charge in [0.25, 0.3) is 0 Å². The highest BCUT2D eigenvalue weighted by molar-refractivity contribution is 8.01. The Labute approximate surface area is 77.1 Å². The van der Waals surface area contributed by atoms with Crippen molar-refractivity contribution in [3.63, 3.8) is 0 Å². The summed E-state index contributed by atoms with van der Waals surface area (Å²) in [6.45, 7) is 1.72. The van der Waals surface area contributed by atoms with Crippen LogP contribution in [0.1, 0.15) is 0 Å². The van der Waals surface area contributed by atoms with E-state index in [2.05, 4.69) is 25.3 Å². The fourth-order valence-electron chi connectivity index (χ4n) is 0.873. The van der Waals surface area contributed by atoms with Crippen LogP contribution in [-0.4, -0.2) is 35.2 Å². The van der Waals surface area contributed by atoms with Crippen LogP contribution in [0.3, 0.4) is 0 Å². The first-order valence-electron chi connectivity index (χ1n) is 3.31. The summed E-state index contributed by atoms with van der Waals surface area (Å²) < 4.78 is 5.36. The second kappa shape index (κ2) is 4.80. The smallest absolute Gasteiger partial charge is 0.0593 e. The molecule has 1 aliphatic heterocycles. The molecule has 10 heavy (non-hydrogen) atoms. The second-order valence-electron chi connectivity index (χ2n) is 2.28. The molecule has 60 valence electrons. The van der Waals surface area contributed by atoms with Gasteiger partial charge < -0.3 is 4.74 Å². The minimum Gasteiger partial charge on any atom is -0.379 e. The van der Waals surface area contributed by atoms with Gasteiger partial charge >= 0.3 is 0 Å². The summed E-state index contributed by atoms with van der Waals surface area (Å²) in [6.07, 6.45) is 0. The highest BCUT2D eigenvalue weighted by Gasteiger charge is 2.20. The van der Waals surface area contributed by atoms with Crippen molar-refractivity contribution in [3.05, 3.63) is 0 Å². The quantitative estimate of drug-likeness (QED) is 0.645. The zero-order valence-electron chi connectivity index (χ0n) is 5.69. The maximum atomic E-state index is 5.36. The molecule has 1 rings (SSSR count). The van der Waals surface area contributed by atoms with Crippen LogP contribution >= 0.6 is 37.0 Å². The van der Waals surface area contributed by atoms with Crippen molar-refractivity contribution < 1.29 is 4.74 Å². The molecule has 1 fully saturated rings. The molecule has 1 nitrogen and oxygen atoms in total. The normalized spacial score (nSPS) is 34.2. The van der Waals surface area contributed by atoms with Crippen molar-refractivity contribution in [2.24, 2.45) is 0 Å². The number of rotatable bonds is 2. The first-order chi connectivity index (χ1) is 4.86. The molecule has 0 N–H and O–H groups in total. The minimum absolute atomic E-state index is 0.578. The van der Waals surface area contributed by atoms with Crippen LogP contribution in [0.2, 0.25) is 0 Å². The molecule has 4 heteroatoms. The monoisotopic (exact) mass is 196 g/mol. The Bertz CT molecular complexity index is 89.0. The summed E-state index contributed by atoms with van der Waals surface area (Å²) >= 11 is 10.4. The predicted molar refractivity (Wildman–Crippen MR) is 53.7 cm³/mol. The van der Waals surface area contributed by atoms with Crippen LogP contribution in [0.15, 0.2) is 0 Å². The van der Waals surface area contributed by atoms with Crippen molar-refractivity contribution in [1.29, 1.82) is 0 Å². The topological polar surface area (TPSA) is 9.23 Å². The van der Waals surface area contributed by atoms with E-state index in [0.29, 0.717) is 10.5 Å². The van der Waals surface area contributed by atoms with Crippen LogP contribution in [0, 0.1) is 0 Å². The number of hydrogen-bond acceptors (Lipinski definition) is 4. The maximum Gasteiger partial charge on any atom is 0.0593 e. The van der Waals surface area contributed by atoms with Crippen LogP contribution in [0.25, 0.3) is 0 Å². The Morgan fingerprint density at radius 2 is 1.70 bits per heavy atom. The molecular formula is C6H12OS3. The van der Waals surface area contributed by atoms with E-state index in [1.165, 1.54) is 0 Å². The summed E-state index contributed by atoms with van der Waals surface area (Å²) in [5.41, 5.74) is 0. The van der Waals surface area contributed by atoms with Crippen molar-refractivity contribution in [1.82, 2.24) is 0 Å². The minimum atomic E-state index is 0.578. The summed E-state index contributed by atoms with van der Waals surface area (Å²) in [7, 11) is 0. The third-order valence-electron chi connectivity index (χ3n) is 1.40. The van der Waals surface area contributed by atoms with Crippen molar-refractivity contribution in [2.45, 2.75) is 10.5 Å². The van der Waals surface area contributed by atoms with Gasteiger partial charge in [0, 0.05) is 22.0 Å². The van der Waals surface area contributed by atoms with Gasteiger partial charge in [-0.3, -0.25) is 0 Å². The fraction of sp³-hybridized carbons (Fsp3) is 1.00. The van der Waals surface area contributed by atoms with E-state index in [0.717, 1.165) is 24.7 Å². The fourth-order valence-corrected chi connectivity index (χ4v) is 2.67. The van der Waals surface area contributed by atoms with Gasteiger partial charge in [-0.1, -0.05) is 0 Å². The Hall–Kier alpha value is 1.01. The van der Waals surface area contributed by atoms with Gasteiger partial charge in [0.1, 0.15) is 0 Å². The molecule has 0 aromatic heterocycles. The molecule has 0 aromatic rings. The lowest BCUT2D eigenvalue weighted by atomic mass is 10.4. The maximum absolute atomic E-state index is 5.36. The highest BCUT2D eigenvalue weighted by atomic mass is 32.2. The van der Waals surface area contributed by atoms with Crippen molar-refractivity contribution in [3.8, 4) is 0 Å². The van der Waals surface area contributed by atoms with E-state index in [1.54, 1.807) is 0 Å². The number of ether oxygens (including phenoxy) is 1. The van der Waals surface area contributed by atoms with Crippen LogP contribution in [0.4, 0.5) is 0 Å². The summed E-state index contributed by atoms with van der Waals surface area (Å²) in [5, 5.41) is 1.16.